The van der Waals surface area contributed by atoms with Crippen LogP contribution in [0, 0.1) is 11.8 Å². The van der Waals surface area contributed by atoms with Gasteiger partial charge in [-0.25, -0.2) is 4.79 Å². The lowest BCUT2D eigenvalue weighted by Crippen LogP contribution is -2.15. The van der Waals surface area contributed by atoms with Crippen LogP contribution in [-0.2, 0) is 6.42 Å². The second kappa shape index (κ2) is 15.7. The first kappa shape index (κ1) is 27.3. The summed E-state index contributed by atoms with van der Waals surface area (Å²) in [7, 11) is 0. The number of rotatable bonds is 15. The fraction of sp³-hybridized carbons (Fsp3) is 0.594. The molecular weight excluding hydrogens is 432 g/mol. The number of benzene rings is 2. The molecule has 0 spiro atoms. The minimum Gasteiger partial charge on any atom is -0.494 e. The van der Waals surface area contributed by atoms with E-state index in [1.165, 1.54) is 82.6 Å². The Balaban J connectivity index is 1.35. The predicted octanol–water partition coefficient (Wildman–Crippen LogP) is 9.18. The molecule has 0 N–H and O–H groups in total. The van der Waals surface area contributed by atoms with E-state index in [0.717, 1.165) is 37.0 Å². The summed E-state index contributed by atoms with van der Waals surface area (Å²) in [4.78, 5) is 12.5. The van der Waals surface area contributed by atoms with Gasteiger partial charge in [-0.1, -0.05) is 96.6 Å². The summed E-state index contributed by atoms with van der Waals surface area (Å²) in [5.41, 5.74) is 1.87. The zero-order valence-corrected chi connectivity index (χ0v) is 22.1. The molecule has 3 nitrogen and oxygen atoms in total. The number of esters is 1. The Kier molecular flexibility index (Phi) is 12.2. The zero-order valence-electron chi connectivity index (χ0n) is 22.1. The van der Waals surface area contributed by atoms with Crippen LogP contribution in [0.2, 0.25) is 0 Å². The van der Waals surface area contributed by atoms with Gasteiger partial charge in [0, 0.05) is 0 Å². The highest BCUT2D eigenvalue weighted by atomic mass is 16.5. The van der Waals surface area contributed by atoms with Crippen LogP contribution < -0.4 is 9.47 Å². The van der Waals surface area contributed by atoms with Crippen molar-refractivity contribution in [3.05, 3.63) is 59.7 Å². The molecule has 0 heterocycles. The largest absolute Gasteiger partial charge is 0.494 e. The minimum absolute atomic E-state index is 0.330. The van der Waals surface area contributed by atoms with E-state index in [1.54, 1.807) is 12.1 Å². The highest BCUT2D eigenvalue weighted by molar-refractivity contribution is 5.91. The Bertz CT molecular complexity index is 832. The Morgan fingerprint density at radius 3 is 1.97 bits per heavy atom. The van der Waals surface area contributed by atoms with Crippen LogP contribution >= 0.6 is 0 Å². The third kappa shape index (κ3) is 10.1. The third-order valence-corrected chi connectivity index (χ3v) is 7.50. The number of carbonyl (C=O) groups excluding carboxylic acids is 1. The second-order valence-electron chi connectivity index (χ2n) is 10.4. The molecule has 2 aromatic carbocycles. The van der Waals surface area contributed by atoms with E-state index in [1.807, 2.05) is 24.3 Å². The standard InChI is InChI=1S/C32H46O3/c1-3-5-6-7-8-9-25-34-30-23-19-29(20-24-30)32(33)35-31-21-17-28(18-22-31)16-15-27-13-11-26(10-4-2)12-14-27/h17-24,26-27H,3-16,25H2,1-2H3. The van der Waals surface area contributed by atoms with Crippen molar-refractivity contribution in [3.63, 3.8) is 0 Å². The molecule has 1 fully saturated rings. The molecular formula is C32H46O3. The lowest BCUT2D eigenvalue weighted by Gasteiger charge is -2.28. The molecule has 1 saturated carbocycles. The normalized spacial score (nSPS) is 17.8. The van der Waals surface area contributed by atoms with Crippen molar-refractivity contribution >= 4 is 5.97 Å². The van der Waals surface area contributed by atoms with Gasteiger partial charge in [0.2, 0.25) is 0 Å². The molecule has 0 bridgehead atoms. The molecule has 0 atom stereocenters. The highest BCUT2D eigenvalue weighted by Crippen LogP contribution is 2.34. The van der Waals surface area contributed by atoms with E-state index in [2.05, 4.69) is 26.0 Å². The molecule has 35 heavy (non-hydrogen) atoms. The van der Waals surface area contributed by atoms with Gasteiger partial charge >= 0.3 is 5.97 Å². The number of carbonyl (C=O) groups is 1. The van der Waals surface area contributed by atoms with Gasteiger partial charge in [0.15, 0.2) is 0 Å². The zero-order chi connectivity index (χ0) is 24.7. The maximum Gasteiger partial charge on any atom is 0.343 e. The summed E-state index contributed by atoms with van der Waals surface area (Å²) in [5, 5.41) is 0. The number of ether oxygens (including phenoxy) is 2. The lowest BCUT2D eigenvalue weighted by atomic mass is 9.78. The third-order valence-electron chi connectivity index (χ3n) is 7.50. The number of aryl methyl sites for hydroxylation is 1. The minimum atomic E-state index is -0.330. The molecule has 1 aliphatic rings. The molecule has 0 aliphatic heterocycles. The van der Waals surface area contributed by atoms with Gasteiger partial charge in [0.05, 0.1) is 12.2 Å². The maximum atomic E-state index is 12.5. The topological polar surface area (TPSA) is 35.5 Å². The molecule has 2 aromatic rings. The number of hydrogen-bond donors (Lipinski definition) is 0. The van der Waals surface area contributed by atoms with Crippen LogP contribution in [0.1, 0.15) is 113 Å². The molecule has 0 unspecified atom stereocenters. The fourth-order valence-corrected chi connectivity index (χ4v) is 5.24. The summed E-state index contributed by atoms with van der Waals surface area (Å²) in [5.74, 6) is 2.92. The van der Waals surface area contributed by atoms with Crippen molar-refractivity contribution in [2.45, 2.75) is 104 Å². The van der Waals surface area contributed by atoms with Crippen LogP contribution in [0.5, 0.6) is 11.5 Å². The van der Waals surface area contributed by atoms with Gasteiger partial charge < -0.3 is 9.47 Å². The summed E-state index contributed by atoms with van der Waals surface area (Å²) in [6, 6.07) is 15.3. The van der Waals surface area contributed by atoms with Crippen LogP contribution in [0.4, 0.5) is 0 Å². The lowest BCUT2D eigenvalue weighted by molar-refractivity contribution is 0.0734. The van der Waals surface area contributed by atoms with Gasteiger partial charge in [-0.05, 0) is 73.1 Å². The van der Waals surface area contributed by atoms with Crippen LogP contribution in [-0.4, -0.2) is 12.6 Å². The first-order chi connectivity index (χ1) is 17.2. The van der Waals surface area contributed by atoms with E-state index < -0.39 is 0 Å². The van der Waals surface area contributed by atoms with Crippen LogP contribution in [0.25, 0.3) is 0 Å². The molecule has 0 amide bonds. The highest BCUT2D eigenvalue weighted by Gasteiger charge is 2.20. The number of unbranched alkanes of at least 4 members (excludes halogenated alkanes) is 5. The molecule has 0 saturated heterocycles. The molecule has 3 rings (SSSR count). The van der Waals surface area contributed by atoms with Gasteiger partial charge in [-0.15, -0.1) is 0 Å². The van der Waals surface area contributed by atoms with E-state index in [4.69, 9.17) is 9.47 Å². The first-order valence-corrected chi connectivity index (χ1v) is 14.2. The quantitative estimate of drug-likeness (QED) is 0.145. The monoisotopic (exact) mass is 478 g/mol. The molecule has 3 heteroatoms. The fourth-order valence-electron chi connectivity index (χ4n) is 5.24. The Hall–Kier alpha value is -2.29. The maximum absolute atomic E-state index is 12.5. The first-order valence-electron chi connectivity index (χ1n) is 14.2. The van der Waals surface area contributed by atoms with Crippen LogP contribution in [0.3, 0.4) is 0 Å². The summed E-state index contributed by atoms with van der Waals surface area (Å²) in [6.07, 6.45) is 18.2. The smallest absolute Gasteiger partial charge is 0.343 e. The Labute approximate surface area is 213 Å². The van der Waals surface area contributed by atoms with Crippen molar-refractivity contribution in [1.29, 1.82) is 0 Å². The van der Waals surface area contributed by atoms with E-state index in [-0.39, 0.29) is 5.97 Å². The Morgan fingerprint density at radius 1 is 0.714 bits per heavy atom. The van der Waals surface area contributed by atoms with Gasteiger partial charge in [-0.2, -0.15) is 0 Å². The van der Waals surface area contributed by atoms with Crippen molar-refractivity contribution in [2.24, 2.45) is 11.8 Å². The summed E-state index contributed by atoms with van der Waals surface area (Å²) in [6.45, 7) is 5.26. The molecule has 0 radical (unpaired) electrons. The van der Waals surface area contributed by atoms with Gasteiger partial charge in [-0.3, -0.25) is 0 Å². The molecule has 0 aromatic heterocycles. The van der Waals surface area contributed by atoms with Gasteiger partial charge in [0.25, 0.3) is 0 Å². The predicted molar refractivity (Wildman–Crippen MR) is 145 cm³/mol. The van der Waals surface area contributed by atoms with Crippen LogP contribution in [0.15, 0.2) is 48.5 Å². The Morgan fingerprint density at radius 2 is 1.31 bits per heavy atom. The van der Waals surface area contributed by atoms with Crippen molar-refractivity contribution < 1.29 is 14.3 Å². The summed E-state index contributed by atoms with van der Waals surface area (Å²) >= 11 is 0. The SMILES string of the molecule is CCCCCCCCOc1ccc(C(=O)Oc2ccc(CCC3CCC(CCC)CC3)cc2)cc1. The number of hydrogen-bond acceptors (Lipinski definition) is 3. The molecule has 192 valence electrons. The summed E-state index contributed by atoms with van der Waals surface area (Å²) < 4.78 is 11.4. The average Bonchev–Trinajstić information content (AvgIpc) is 2.89. The van der Waals surface area contributed by atoms with E-state index >= 15 is 0 Å². The van der Waals surface area contributed by atoms with E-state index in [9.17, 15) is 4.79 Å². The van der Waals surface area contributed by atoms with Crippen molar-refractivity contribution in [2.75, 3.05) is 6.61 Å². The van der Waals surface area contributed by atoms with E-state index in [0.29, 0.717) is 11.3 Å². The average molecular weight is 479 g/mol. The van der Waals surface area contributed by atoms with Gasteiger partial charge in [0.1, 0.15) is 11.5 Å². The van der Waals surface area contributed by atoms with Crippen molar-refractivity contribution in [3.8, 4) is 11.5 Å². The second-order valence-corrected chi connectivity index (χ2v) is 10.4. The molecule has 1 aliphatic carbocycles. The van der Waals surface area contributed by atoms with Crippen molar-refractivity contribution in [1.82, 2.24) is 0 Å².